The van der Waals surface area contributed by atoms with E-state index in [0.717, 1.165) is 31.3 Å². The monoisotopic (exact) mass is 236 g/mol. The fraction of sp³-hybridized carbons (Fsp3) is 0.929. The molecular formula is C14H24N2O. The van der Waals surface area contributed by atoms with Gasteiger partial charge in [-0.1, -0.05) is 6.92 Å². The largest absolute Gasteiger partial charge is 0.338 e. The lowest BCUT2D eigenvalue weighted by Gasteiger charge is -2.39. The van der Waals surface area contributed by atoms with Crippen LogP contribution in [0.2, 0.25) is 0 Å². The number of hydrogen-bond acceptors (Lipinski definition) is 2. The molecule has 1 amide bonds. The Balaban J connectivity index is 1.69. The molecule has 0 aromatic carbocycles. The lowest BCUT2D eigenvalue weighted by Crippen LogP contribution is -2.55. The predicted molar refractivity (Wildman–Crippen MR) is 67.6 cm³/mol. The van der Waals surface area contributed by atoms with Crippen molar-refractivity contribution in [1.82, 2.24) is 10.2 Å². The van der Waals surface area contributed by atoms with E-state index in [-0.39, 0.29) is 6.04 Å². The number of nitrogens with one attached hydrogen (secondary N) is 1. The van der Waals surface area contributed by atoms with Crippen LogP contribution < -0.4 is 5.32 Å². The van der Waals surface area contributed by atoms with Crippen LogP contribution >= 0.6 is 0 Å². The van der Waals surface area contributed by atoms with E-state index in [2.05, 4.69) is 17.1 Å². The maximum atomic E-state index is 12.5. The first-order chi connectivity index (χ1) is 8.31. The zero-order valence-electron chi connectivity index (χ0n) is 10.8. The Labute approximate surface area is 104 Å². The summed E-state index contributed by atoms with van der Waals surface area (Å²) in [7, 11) is 0. The van der Waals surface area contributed by atoms with Crippen molar-refractivity contribution in [1.29, 1.82) is 0 Å². The molecule has 0 bridgehead atoms. The van der Waals surface area contributed by atoms with Crippen LogP contribution in [0.5, 0.6) is 0 Å². The molecule has 1 saturated heterocycles. The SMILES string of the molecule is CCNC1CCCN(C(C2CC2)C2CC2)C1=O. The summed E-state index contributed by atoms with van der Waals surface area (Å²) in [5.41, 5.74) is 0. The lowest BCUT2D eigenvalue weighted by atomic mass is 9.98. The van der Waals surface area contributed by atoms with Crippen molar-refractivity contribution >= 4 is 5.91 Å². The van der Waals surface area contributed by atoms with Crippen LogP contribution in [0.25, 0.3) is 0 Å². The summed E-state index contributed by atoms with van der Waals surface area (Å²) >= 11 is 0. The molecule has 0 aromatic heterocycles. The zero-order chi connectivity index (χ0) is 11.8. The quantitative estimate of drug-likeness (QED) is 0.789. The fourth-order valence-corrected chi connectivity index (χ4v) is 3.40. The molecular weight excluding hydrogens is 212 g/mol. The third-order valence-corrected chi connectivity index (χ3v) is 4.49. The molecule has 0 aromatic rings. The van der Waals surface area contributed by atoms with Crippen LogP contribution in [0.3, 0.4) is 0 Å². The van der Waals surface area contributed by atoms with Crippen molar-refractivity contribution in [3.05, 3.63) is 0 Å². The molecule has 3 nitrogen and oxygen atoms in total. The molecule has 3 rings (SSSR count). The summed E-state index contributed by atoms with van der Waals surface area (Å²) < 4.78 is 0. The Morgan fingerprint density at radius 1 is 1.24 bits per heavy atom. The van der Waals surface area contributed by atoms with Crippen LogP contribution in [-0.4, -0.2) is 36.0 Å². The molecule has 0 radical (unpaired) electrons. The first-order valence-electron chi connectivity index (χ1n) is 7.35. The van der Waals surface area contributed by atoms with E-state index < -0.39 is 0 Å². The maximum absolute atomic E-state index is 12.5. The van der Waals surface area contributed by atoms with Gasteiger partial charge in [0.1, 0.15) is 0 Å². The minimum atomic E-state index is 0.105. The summed E-state index contributed by atoms with van der Waals surface area (Å²) in [4.78, 5) is 14.7. The van der Waals surface area contributed by atoms with Crippen molar-refractivity contribution in [2.75, 3.05) is 13.1 Å². The summed E-state index contributed by atoms with van der Waals surface area (Å²) in [6.07, 6.45) is 7.64. The molecule has 1 N–H and O–H groups in total. The summed E-state index contributed by atoms with van der Waals surface area (Å²) in [5.74, 6) is 2.07. The van der Waals surface area contributed by atoms with Crippen LogP contribution in [0.4, 0.5) is 0 Å². The molecule has 3 aliphatic rings. The Bertz CT molecular complexity index is 283. The summed E-state index contributed by atoms with van der Waals surface area (Å²) in [6, 6.07) is 0.706. The number of nitrogens with zero attached hydrogens (tertiary/aromatic N) is 1. The van der Waals surface area contributed by atoms with Gasteiger partial charge in [0.2, 0.25) is 5.91 Å². The van der Waals surface area contributed by atoms with E-state index in [0.29, 0.717) is 11.9 Å². The molecule has 1 unspecified atom stereocenters. The molecule has 0 spiro atoms. The second-order valence-electron chi connectivity index (χ2n) is 5.95. The average molecular weight is 236 g/mol. The topological polar surface area (TPSA) is 32.3 Å². The number of hydrogen-bond donors (Lipinski definition) is 1. The standard InChI is InChI=1S/C14H24N2O/c1-2-15-12-4-3-9-16(14(12)17)13(10-5-6-10)11-7-8-11/h10-13,15H,2-9H2,1H3. The van der Waals surface area contributed by atoms with Gasteiger partial charge in [0.15, 0.2) is 0 Å². The highest BCUT2D eigenvalue weighted by Gasteiger charge is 2.47. The smallest absolute Gasteiger partial charge is 0.239 e. The number of likely N-dealkylation sites (tertiary alicyclic amines) is 1. The van der Waals surface area contributed by atoms with E-state index in [1.54, 1.807) is 0 Å². The maximum Gasteiger partial charge on any atom is 0.239 e. The molecule has 17 heavy (non-hydrogen) atoms. The van der Waals surface area contributed by atoms with E-state index in [1.807, 2.05) is 0 Å². The highest BCUT2D eigenvalue weighted by atomic mass is 16.2. The molecule has 2 saturated carbocycles. The summed E-state index contributed by atoms with van der Waals surface area (Å²) in [6.45, 7) is 4.01. The van der Waals surface area contributed by atoms with E-state index >= 15 is 0 Å². The number of piperidine rings is 1. The molecule has 1 heterocycles. The van der Waals surface area contributed by atoms with Gasteiger partial charge in [-0.05, 0) is 56.9 Å². The molecule has 2 aliphatic carbocycles. The highest BCUT2D eigenvalue weighted by molar-refractivity contribution is 5.83. The number of carbonyl (C=O) groups excluding carboxylic acids is 1. The Kier molecular flexibility index (Phi) is 3.12. The van der Waals surface area contributed by atoms with Crippen LogP contribution in [0.15, 0.2) is 0 Å². The van der Waals surface area contributed by atoms with Gasteiger partial charge in [-0.2, -0.15) is 0 Å². The first-order valence-corrected chi connectivity index (χ1v) is 7.35. The van der Waals surface area contributed by atoms with Crippen molar-refractivity contribution in [3.8, 4) is 0 Å². The van der Waals surface area contributed by atoms with Gasteiger partial charge in [0.25, 0.3) is 0 Å². The average Bonchev–Trinajstić information content (AvgIpc) is 3.17. The number of amides is 1. The van der Waals surface area contributed by atoms with Gasteiger partial charge in [-0.25, -0.2) is 0 Å². The van der Waals surface area contributed by atoms with E-state index in [4.69, 9.17) is 0 Å². The van der Waals surface area contributed by atoms with Crippen LogP contribution in [0, 0.1) is 11.8 Å². The normalized spacial score (nSPS) is 30.1. The number of carbonyl (C=O) groups is 1. The van der Waals surface area contributed by atoms with Crippen molar-refractivity contribution in [2.24, 2.45) is 11.8 Å². The fourth-order valence-electron chi connectivity index (χ4n) is 3.40. The second-order valence-corrected chi connectivity index (χ2v) is 5.95. The molecule has 1 atom stereocenters. The lowest BCUT2D eigenvalue weighted by molar-refractivity contribution is -0.139. The van der Waals surface area contributed by atoms with Gasteiger partial charge < -0.3 is 10.2 Å². The molecule has 96 valence electrons. The van der Waals surface area contributed by atoms with Crippen LogP contribution in [0.1, 0.15) is 45.4 Å². The van der Waals surface area contributed by atoms with Gasteiger partial charge in [-0.3, -0.25) is 4.79 Å². The minimum Gasteiger partial charge on any atom is -0.338 e. The van der Waals surface area contributed by atoms with E-state index in [1.165, 1.54) is 32.1 Å². The summed E-state index contributed by atoms with van der Waals surface area (Å²) in [5, 5.41) is 3.35. The van der Waals surface area contributed by atoms with Crippen molar-refractivity contribution in [2.45, 2.75) is 57.5 Å². The highest BCUT2D eigenvalue weighted by Crippen LogP contribution is 2.47. The molecule has 1 aliphatic heterocycles. The third kappa shape index (κ3) is 2.35. The molecule has 3 fully saturated rings. The van der Waals surface area contributed by atoms with Gasteiger partial charge in [0, 0.05) is 12.6 Å². The first kappa shape index (κ1) is 11.5. The Morgan fingerprint density at radius 3 is 2.41 bits per heavy atom. The van der Waals surface area contributed by atoms with Gasteiger partial charge in [0.05, 0.1) is 6.04 Å². The van der Waals surface area contributed by atoms with Crippen molar-refractivity contribution in [3.63, 3.8) is 0 Å². The minimum absolute atomic E-state index is 0.105. The van der Waals surface area contributed by atoms with Gasteiger partial charge >= 0.3 is 0 Å². The Morgan fingerprint density at radius 2 is 1.88 bits per heavy atom. The molecule has 3 heteroatoms. The predicted octanol–water partition coefficient (Wildman–Crippen LogP) is 1.78. The van der Waals surface area contributed by atoms with Gasteiger partial charge in [-0.15, -0.1) is 0 Å². The third-order valence-electron chi connectivity index (χ3n) is 4.49. The zero-order valence-corrected chi connectivity index (χ0v) is 10.8. The number of likely N-dealkylation sites (N-methyl/N-ethyl adjacent to an activating group) is 1. The second kappa shape index (κ2) is 4.60. The number of rotatable bonds is 5. The Hall–Kier alpha value is -0.570. The van der Waals surface area contributed by atoms with Crippen molar-refractivity contribution < 1.29 is 4.79 Å². The van der Waals surface area contributed by atoms with Crippen LogP contribution in [-0.2, 0) is 4.79 Å². The van der Waals surface area contributed by atoms with E-state index in [9.17, 15) is 4.79 Å².